The van der Waals surface area contributed by atoms with Gasteiger partial charge in [-0.3, -0.25) is 0 Å². The summed E-state index contributed by atoms with van der Waals surface area (Å²) in [6, 6.07) is 6.38. The minimum atomic E-state index is 0.671. The summed E-state index contributed by atoms with van der Waals surface area (Å²) in [5.41, 5.74) is 9.54. The molecule has 4 heteroatoms. The maximum atomic E-state index is 5.77. The summed E-state index contributed by atoms with van der Waals surface area (Å²) < 4.78 is 1.12. The summed E-state index contributed by atoms with van der Waals surface area (Å²) in [5.74, 6) is 0. The summed E-state index contributed by atoms with van der Waals surface area (Å²) in [6.45, 7) is 4.25. The zero-order valence-electron chi connectivity index (χ0n) is 9.96. The van der Waals surface area contributed by atoms with E-state index in [0.29, 0.717) is 5.13 Å². The van der Waals surface area contributed by atoms with Crippen LogP contribution in [0.2, 0.25) is 0 Å². The second-order valence-electron chi connectivity index (χ2n) is 4.02. The fourth-order valence-electron chi connectivity index (χ4n) is 1.82. The summed E-state index contributed by atoms with van der Waals surface area (Å²) in [5, 5.41) is 0.671. The van der Waals surface area contributed by atoms with E-state index in [4.69, 9.17) is 5.73 Å². The van der Waals surface area contributed by atoms with Crippen molar-refractivity contribution >= 4 is 32.4 Å². The number of benzene rings is 1. The van der Waals surface area contributed by atoms with Crippen LogP contribution >= 0.6 is 27.3 Å². The molecule has 0 fully saturated rings. The molecule has 0 atom stereocenters. The van der Waals surface area contributed by atoms with Gasteiger partial charge in [0.05, 0.1) is 5.69 Å². The Morgan fingerprint density at radius 3 is 2.88 bits per heavy atom. The molecule has 0 saturated carbocycles. The first-order chi connectivity index (χ1) is 8.10. The highest BCUT2D eigenvalue weighted by Gasteiger charge is 2.10. The van der Waals surface area contributed by atoms with E-state index in [1.54, 1.807) is 11.3 Å². The maximum Gasteiger partial charge on any atom is 0.180 e. The third kappa shape index (κ3) is 2.87. The van der Waals surface area contributed by atoms with E-state index in [-0.39, 0.29) is 0 Å². The van der Waals surface area contributed by atoms with E-state index < -0.39 is 0 Å². The summed E-state index contributed by atoms with van der Waals surface area (Å²) in [6.07, 6.45) is 1.86. The Labute approximate surface area is 114 Å². The van der Waals surface area contributed by atoms with Crippen LogP contribution in [0.15, 0.2) is 22.7 Å². The average molecular weight is 311 g/mol. The molecule has 0 aliphatic carbocycles. The van der Waals surface area contributed by atoms with Gasteiger partial charge in [-0.1, -0.05) is 28.9 Å². The Kier molecular flexibility index (Phi) is 3.84. The summed E-state index contributed by atoms with van der Waals surface area (Å²) >= 11 is 5.11. The zero-order valence-corrected chi connectivity index (χ0v) is 12.4. The van der Waals surface area contributed by atoms with Crippen LogP contribution in [0.5, 0.6) is 0 Å². The minimum Gasteiger partial charge on any atom is -0.375 e. The Bertz CT molecular complexity index is 534. The molecule has 0 unspecified atom stereocenters. The van der Waals surface area contributed by atoms with E-state index in [2.05, 4.69) is 53.0 Å². The predicted molar refractivity (Wildman–Crippen MR) is 77.6 cm³/mol. The lowest BCUT2D eigenvalue weighted by atomic mass is 10.0. The molecule has 1 aromatic heterocycles. The van der Waals surface area contributed by atoms with E-state index in [1.165, 1.54) is 16.0 Å². The number of nitrogen functional groups attached to an aromatic ring is 1. The Morgan fingerprint density at radius 2 is 2.18 bits per heavy atom. The van der Waals surface area contributed by atoms with Gasteiger partial charge in [0.25, 0.3) is 0 Å². The lowest BCUT2D eigenvalue weighted by Gasteiger charge is -2.06. The molecule has 2 rings (SSSR count). The Balaban J connectivity index is 2.33. The lowest BCUT2D eigenvalue weighted by molar-refractivity contribution is 1.02. The fourth-order valence-corrected chi connectivity index (χ4v) is 3.17. The maximum absolute atomic E-state index is 5.77. The van der Waals surface area contributed by atoms with Crippen LogP contribution in [-0.4, -0.2) is 4.98 Å². The Morgan fingerprint density at radius 1 is 1.41 bits per heavy atom. The second-order valence-corrected chi connectivity index (χ2v) is 6.05. The van der Waals surface area contributed by atoms with Crippen molar-refractivity contribution in [2.75, 3.05) is 5.73 Å². The van der Waals surface area contributed by atoms with Crippen LogP contribution in [0.3, 0.4) is 0 Å². The molecule has 1 heterocycles. The molecule has 2 aromatic rings. The molecule has 0 bridgehead atoms. The number of halogens is 1. The van der Waals surface area contributed by atoms with Gasteiger partial charge in [-0.15, -0.1) is 11.3 Å². The van der Waals surface area contributed by atoms with Crippen molar-refractivity contribution in [3.05, 3.63) is 44.4 Å². The van der Waals surface area contributed by atoms with Crippen LogP contribution in [0, 0.1) is 6.92 Å². The molecule has 0 aliphatic heterocycles. The van der Waals surface area contributed by atoms with Crippen molar-refractivity contribution in [2.24, 2.45) is 0 Å². The van der Waals surface area contributed by atoms with Gasteiger partial charge in [0.1, 0.15) is 0 Å². The highest BCUT2D eigenvalue weighted by Crippen LogP contribution is 2.26. The van der Waals surface area contributed by atoms with Crippen molar-refractivity contribution in [1.29, 1.82) is 0 Å². The van der Waals surface area contributed by atoms with Gasteiger partial charge in [0, 0.05) is 15.8 Å². The van der Waals surface area contributed by atoms with E-state index >= 15 is 0 Å². The first kappa shape index (κ1) is 12.6. The number of aromatic nitrogens is 1. The van der Waals surface area contributed by atoms with Crippen molar-refractivity contribution in [2.45, 2.75) is 26.7 Å². The van der Waals surface area contributed by atoms with Gasteiger partial charge >= 0.3 is 0 Å². The molecule has 0 radical (unpaired) electrons. The number of anilines is 1. The van der Waals surface area contributed by atoms with Crippen molar-refractivity contribution in [3.63, 3.8) is 0 Å². The first-order valence-electron chi connectivity index (χ1n) is 5.59. The molecule has 2 N–H and O–H groups in total. The molecule has 1 aromatic carbocycles. The zero-order chi connectivity index (χ0) is 12.4. The van der Waals surface area contributed by atoms with Gasteiger partial charge < -0.3 is 5.73 Å². The molecule has 0 aliphatic rings. The molecule has 2 nitrogen and oxygen atoms in total. The third-order valence-electron chi connectivity index (χ3n) is 2.79. The number of aryl methyl sites for hydroxylation is 2. The first-order valence-corrected chi connectivity index (χ1v) is 7.20. The standard InChI is InChI=1S/C13H15BrN2S/c1-3-11-12(17-13(15)16-11)7-9-6-10(14)5-4-8(9)2/h4-6H,3,7H2,1-2H3,(H2,15,16). The number of hydrogen-bond donors (Lipinski definition) is 1. The minimum absolute atomic E-state index is 0.671. The normalized spacial score (nSPS) is 10.8. The van der Waals surface area contributed by atoms with Gasteiger partial charge in [-0.2, -0.15) is 0 Å². The van der Waals surface area contributed by atoms with Gasteiger partial charge in [-0.25, -0.2) is 4.98 Å². The Hall–Kier alpha value is -0.870. The number of nitrogens with zero attached hydrogens (tertiary/aromatic N) is 1. The molecule has 0 spiro atoms. The molecule has 0 saturated heterocycles. The van der Waals surface area contributed by atoms with E-state index in [1.807, 2.05) is 0 Å². The predicted octanol–water partition coefficient (Wildman–Crippen LogP) is 3.95. The van der Waals surface area contributed by atoms with Gasteiger partial charge in [0.2, 0.25) is 0 Å². The molecular weight excluding hydrogens is 296 g/mol. The summed E-state index contributed by atoms with van der Waals surface area (Å²) in [7, 11) is 0. The molecular formula is C13H15BrN2S. The number of nitrogens with two attached hydrogens (primary N) is 1. The SMILES string of the molecule is CCc1nc(N)sc1Cc1cc(Br)ccc1C. The van der Waals surface area contributed by atoms with Crippen LogP contribution in [0.1, 0.15) is 28.6 Å². The number of thiazole rings is 1. The van der Waals surface area contributed by atoms with E-state index in [0.717, 1.165) is 23.0 Å². The average Bonchev–Trinajstić information content (AvgIpc) is 2.64. The quantitative estimate of drug-likeness (QED) is 0.932. The monoisotopic (exact) mass is 310 g/mol. The van der Waals surface area contributed by atoms with Crippen LogP contribution in [0.25, 0.3) is 0 Å². The van der Waals surface area contributed by atoms with Gasteiger partial charge in [0.15, 0.2) is 5.13 Å². The second kappa shape index (κ2) is 5.19. The molecule has 90 valence electrons. The van der Waals surface area contributed by atoms with E-state index in [9.17, 15) is 0 Å². The highest BCUT2D eigenvalue weighted by atomic mass is 79.9. The smallest absolute Gasteiger partial charge is 0.180 e. The van der Waals surface area contributed by atoms with Crippen LogP contribution in [-0.2, 0) is 12.8 Å². The van der Waals surface area contributed by atoms with Crippen molar-refractivity contribution in [1.82, 2.24) is 4.98 Å². The van der Waals surface area contributed by atoms with Crippen molar-refractivity contribution < 1.29 is 0 Å². The van der Waals surface area contributed by atoms with Crippen LogP contribution < -0.4 is 5.73 Å². The number of rotatable bonds is 3. The molecule has 17 heavy (non-hydrogen) atoms. The van der Waals surface area contributed by atoms with Crippen LogP contribution in [0.4, 0.5) is 5.13 Å². The topological polar surface area (TPSA) is 38.9 Å². The molecule has 0 amide bonds. The lowest BCUT2D eigenvalue weighted by Crippen LogP contribution is -1.94. The van der Waals surface area contributed by atoms with Crippen molar-refractivity contribution in [3.8, 4) is 0 Å². The highest BCUT2D eigenvalue weighted by molar-refractivity contribution is 9.10. The third-order valence-corrected chi connectivity index (χ3v) is 4.21. The van der Waals surface area contributed by atoms with Gasteiger partial charge in [-0.05, 0) is 36.6 Å². The fraction of sp³-hybridized carbons (Fsp3) is 0.308. The largest absolute Gasteiger partial charge is 0.375 e. The number of hydrogen-bond acceptors (Lipinski definition) is 3. The summed E-state index contributed by atoms with van der Waals surface area (Å²) in [4.78, 5) is 5.65.